The summed E-state index contributed by atoms with van der Waals surface area (Å²) in [4.78, 5) is 26.4. The lowest BCUT2D eigenvalue weighted by molar-refractivity contribution is 0.0959. The van der Waals surface area contributed by atoms with Crippen molar-refractivity contribution in [2.24, 2.45) is 5.92 Å². The van der Waals surface area contributed by atoms with E-state index >= 15 is 0 Å². The molecular weight excluding hydrogens is 344 g/mol. The molecule has 0 spiro atoms. The van der Waals surface area contributed by atoms with Gasteiger partial charge in [0.25, 0.3) is 0 Å². The van der Waals surface area contributed by atoms with Gasteiger partial charge >= 0.3 is 0 Å². The summed E-state index contributed by atoms with van der Waals surface area (Å²) < 4.78 is 0.893. The van der Waals surface area contributed by atoms with E-state index in [9.17, 15) is 4.79 Å². The maximum absolute atomic E-state index is 12.9. The number of anilines is 1. The summed E-state index contributed by atoms with van der Waals surface area (Å²) in [6.07, 6.45) is 7.17. The van der Waals surface area contributed by atoms with E-state index in [-0.39, 0.29) is 11.8 Å². The number of nitrogens with one attached hydrogen (secondary N) is 1. The Bertz CT molecular complexity index is 903. The van der Waals surface area contributed by atoms with Crippen LogP contribution in [0, 0.1) is 5.92 Å². The van der Waals surface area contributed by atoms with Gasteiger partial charge in [0.2, 0.25) is 5.95 Å². The van der Waals surface area contributed by atoms with Gasteiger partial charge in [-0.25, -0.2) is 9.97 Å². The van der Waals surface area contributed by atoms with E-state index in [1.54, 1.807) is 6.20 Å². The Morgan fingerprint density at radius 2 is 2.12 bits per heavy atom. The first-order valence-electron chi connectivity index (χ1n) is 9.16. The topological polar surface area (TPSA) is 67.8 Å². The number of hydrogen-bond donors (Lipinski definition) is 1. The first-order valence-corrected chi connectivity index (χ1v) is 10.0. The van der Waals surface area contributed by atoms with Gasteiger partial charge in [0, 0.05) is 12.6 Å². The summed E-state index contributed by atoms with van der Waals surface area (Å²) in [5, 5.41) is 5.27. The summed E-state index contributed by atoms with van der Waals surface area (Å²) in [6.45, 7) is 2.02. The third kappa shape index (κ3) is 3.60. The minimum absolute atomic E-state index is 0.0370. The van der Waals surface area contributed by atoms with Gasteiger partial charge in [-0.05, 0) is 36.4 Å². The fraction of sp³-hybridized carbons (Fsp3) is 0.400. The average Bonchev–Trinajstić information content (AvgIpc) is 3.33. The van der Waals surface area contributed by atoms with Crippen LogP contribution in [0.25, 0.3) is 10.2 Å². The predicted octanol–water partition coefficient (Wildman–Crippen LogP) is 5.02. The molecule has 4 rings (SSSR count). The first-order chi connectivity index (χ1) is 12.7. The molecule has 0 aromatic carbocycles. The van der Waals surface area contributed by atoms with Crippen LogP contribution in [0.3, 0.4) is 0 Å². The number of rotatable bonds is 6. The van der Waals surface area contributed by atoms with Crippen molar-refractivity contribution < 1.29 is 4.79 Å². The zero-order chi connectivity index (χ0) is 17.9. The molecule has 134 valence electrons. The molecule has 1 saturated carbocycles. The number of Topliss-reactive ketones (excluding diaryl/α,β-unsaturated/α-hetero) is 1. The van der Waals surface area contributed by atoms with Crippen molar-refractivity contribution >= 4 is 33.3 Å². The fourth-order valence-corrected chi connectivity index (χ4v) is 4.43. The summed E-state index contributed by atoms with van der Waals surface area (Å²) >= 11 is 1.54. The van der Waals surface area contributed by atoms with Crippen molar-refractivity contribution in [2.45, 2.75) is 45.1 Å². The van der Waals surface area contributed by atoms with E-state index < -0.39 is 0 Å². The molecule has 1 fully saturated rings. The van der Waals surface area contributed by atoms with Crippen LogP contribution in [0.4, 0.5) is 5.95 Å². The SMILES string of the molecule is C[C@H](Nc1nc(C(=O)CC2CCCC2)c2sccc2n1)c1ccccn1. The van der Waals surface area contributed by atoms with Crippen LogP contribution in [0.2, 0.25) is 0 Å². The Hall–Kier alpha value is -2.34. The molecule has 0 radical (unpaired) electrons. The number of nitrogens with zero attached hydrogens (tertiary/aromatic N) is 3. The first kappa shape index (κ1) is 17.1. The lowest BCUT2D eigenvalue weighted by Crippen LogP contribution is -2.14. The van der Waals surface area contributed by atoms with Gasteiger partial charge < -0.3 is 5.32 Å². The molecule has 1 aliphatic rings. The van der Waals surface area contributed by atoms with E-state index in [1.807, 2.05) is 36.6 Å². The second-order valence-corrected chi connectivity index (χ2v) is 7.85. The van der Waals surface area contributed by atoms with Crippen molar-refractivity contribution in [3.8, 4) is 0 Å². The number of thiophene rings is 1. The van der Waals surface area contributed by atoms with E-state index in [1.165, 1.54) is 24.2 Å². The molecule has 1 aliphatic carbocycles. The zero-order valence-corrected chi connectivity index (χ0v) is 15.6. The summed E-state index contributed by atoms with van der Waals surface area (Å²) in [6, 6.07) is 7.73. The molecule has 3 aromatic rings. The lowest BCUT2D eigenvalue weighted by atomic mass is 9.99. The number of aromatic nitrogens is 3. The van der Waals surface area contributed by atoms with Crippen molar-refractivity contribution in [1.82, 2.24) is 15.0 Å². The molecule has 6 heteroatoms. The van der Waals surface area contributed by atoms with Crippen molar-refractivity contribution in [2.75, 3.05) is 5.32 Å². The molecule has 3 heterocycles. The zero-order valence-electron chi connectivity index (χ0n) is 14.8. The Kier molecular flexibility index (Phi) is 4.93. The minimum Gasteiger partial charge on any atom is -0.346 e. The van der Waals surface area contributed by atoms with E-state index in [4.69, 9.17) is 0 Å². The highest BCUT2D eigenvalue weighted by atomic mass is 32.1. The highest BCUT2D eigenvalue weighted by Crippen LogP contribution is 2.31. The molecular formula is C20H22N4OS. The Morgan fingerprint density at radius 1 is 1.27 bits per heavy atom. The van der Waals surface area contributed by atoms with Crippen molar-refractivity contribution in [1.29, 1.82) is 0 Å². The number of fused-ring (bicyclic) bond motifs is 1. The molecule has 0 unspecified atom stereocenters. The molecule has 26 heavy (non-hydrogen) atoms. The van der Waals surface area contributed by atoms with E-state index in [2.05, 4.69) is 20.3 Å². The predicted molar refractivity (Wildman–Crippen MR) is 105 cm³/mol. The number of hydrogen-bond acceptors (Lipinski definition) is 6. The molecule has 3 aromatic heterocycles. The van der Waals surface area contributed by atoms with Gasteiger partial charge in [-0.3, -0.25) is 9.78 Å². The van der Waals surface area contributed by atoms with Gasteiger partial charge in [0.05, 0.1) is 22.0 Å². The molecule has 0 bridgehead atoms. The van der Waals surface area contributed by atoms with E-state index in [0.29, 0.717) is 24.0 Å². The summed E-state index contributed by atoms with van der Waals surface area (Å²) in [5.41, 5.74) is 2.31. The maximum Gasteiger partial charge on any atom is 0.224 e. The molecule has 1 atom stereocenters. The highest BCUT2D eigenvalue weighted by molar-refractivity contribution is 7.17. The van der Waals surface area contributed by atoms with Crippen LogP contribution in [-0.2, 0) is 0 Å². The average molecular weight is 366 g/mol. The second kappa shape index (κ2) is 7.50. The third-order valence-corrected chi connectivity index (χ3v) is 5.90. The molecule has 5 nitrogen and oxygen atoms in total. The molecule has 0 aliphatic heterocycles. The number of ketones is 1. The van der Waals surface area contributed by atoms with Gasteiger partial charge in [0.15, 0.2) is 5.78 Å². The Balaban J connectivity index is 1.60. The molecule has 1 N–H and O–H groups in total. The smallest absolute Gasteiger partial charge is 0.224 e. The summed E-state index contributed by atoms with van der Waals surface area (Å²) in [7, 11) is 0. The van der Waals surface area contributed by atoms with Crippen LogP contribution in [0.15, 0.2) is 35.8 Å². The number of carbonyl (C=O) groups excluding carboxylic acids is 1. The minimum atomic E-state index is -0.0370. The van der Waals surface area contributed by atoms with Gasteiger partial charge in [-0.15, -0.1) is 11.3 Å². The van der Waals surface area contributed by atoms with Crippen molar-refractivity contribution in [3.63, 3.8) is 0 Å². The van der Waals surface area contributed by atoms with Gasteiger partial charge in [-0.2, -0.15) is 0 Å². The van der Waals surface area contributed by atoms with Crippen LogP contribution in [0.5, 0.6) is 0 Å². The summed E-state index contributed by atoms with van der Waals surface area (Å²) in [5.74, 6) is 1.14. The quantitative estimate of drug-likeness (QED) is 0.620. The lowest BCUT2D eigenvalue weighted by Gasteiger charge is -2.14. The van der Waals surface area contributed by atoms with Gasteiger partial charge in [0.1, 0.15) is 5.69 Å². The van der Waals surface area contributed by atoms with Crippen LogP contribution in [0.1, 0.15) is 61.3 Å². The molecule has 0 amide bonds. The highest BCUT2D eigenvalue weighted by Gasteiger charge is 2.23. The Labute approximate surface area is 156 Å². The second-order valence-electron chi connectivity index (χ2n) is 6.93. The van der Waals surface area contributed by atoms with Crippen LogP contribution in [-0.4, -0.2) is 20.7 Å². The third-order valence-electron chi connectivity index (χ3n) is 4.99. The van der Waals surface area contributed by atoms with Crippen molar-refractivity contribution in [3.05, 3.63) is 47.2 Å². The monoisotopic (exact) mass is 366 g/mol. The number of pyridine rings is 1. The largest absolute Gasteiger partial charge is 0.346 e. The maximum atomic E-state index is 12.9. The fourth-order valence-electron chi connectivity index (χ4n) is 3.59. The standard InChI is InChI=1S/C20H22N4OS/c1-13(15-8-4-5-10-21-15)22-20-23-16-9-11-26-19(16)18(24-20)17(25)12-14-6-2-3-7-14/h4-5,8-11,13-14H,2-3,6-7,12H2,1H3,(H,22,23,24)/t13-/m0/s1. The molecule has 0 saturated heterocycles. The van der Waals surface area contributed by atoms with Crippen LogP contribution < -0.4 is 5.32 Å². The Morgan fingerprint density at radius 3 is 2.88 bits per heavy atom. The number of carbonyl (C=O) groups is 1. The van der Waals surface area contributed by atoms with E-state index in [0.717, 1.165) is 28.8 Å². The van der Waals surface area contributed by atoms with Gasteiger partial charge in [-0.1, -0.05) is 31.7 Å². The van der Waals surface area contributed by atoms with Crippen LogP contribution >= 0.6 is 11.3 Å². The normalized spacial score (nSPS) is 16.0.